The third-order valence-electron chi connectivity index (χ3n) is 2.70. The molecule has 0 aromatic heterocycles. The summed E-state index contributed by atoms with van der Waals surface area (Å²) in [6.45, 7) is 3.65. The minimum absolute atomic E-state index is 0.0714. The SMILES string of the molecule is CCCC(C)NC(=O)COC(=O)c1cc(Br)ccc1N. The van der Waals surface area contributed by atoms with Crippen molar-refractivity contribution in [2.45, 2.75) is 32.7 Å². The standard InChI is InChI=1S/C14H19BrN2O3/c1-3-4-9(2)17-13(18)8-20-14(19)11-7-10(15)5-6-12(11)16/h5-7,9H,3-4,8,16H2,1-2H3,(H,17,18). The number of rotatable bonds is 6. The maximum absolute atomic E-state index is 11.8. The first-order valence-corrected chi connectivity index (χ1v) is 7.24. The van der Waals surface area contributed by atoms with Crippen LogP contribution in [-0.2, 0) is 9.53 Å². The number of hydrogen-bond acceptors (Lipinski definition) is 4. The predicted molar refractivity (Wildman–Crippen MR) is 81.3 cm³/mol. The molecule has 1 aromatic carbocycles. The summed E-state index contributed by atoms with van der Waals surface area (Å²) < 4.78 is 5.67. The second-order valence-electron chi connectivity index (χ2n) is 4.56. The predicted octanol–water partition coefficient (Wildman–Crippen LogP) is 2.49. The average Bonchev–Trinajstić information content (AvgIpc) is 2.39. The van der Waals surface area contributed by atoms with Crippen LogP contribution in [0, 0.1) is 0 Å². The molecule has 0 saturated heterocycles. The molecule has 0 fully saturated rings. The lowest BCUT2D eigenvalue weighted by Crippen LogP contribution is -2.35. The van der Waals surface area contributed by atoms with Crippen LogP contribution in [-0.4, -0.2) is 24.5 Å². The molecule has 1 rings (SSSR count). The highest BCUT2D eigenvalue weighted by molar-refractivity contribution is 9.10. The van der Waals surface area contributed by atoms with Gasteiger partial charge in [0.25, 0.3) is 5.91 Å². The van der Waals surface area contributed by atoms with Gasteiger partial charge in [-0.15, -0.1) is 0 Å². The lowest BCUT2D eigenvalue weighted by molar-refractivity contribution is -0.124. The summed E-state index contributed by atoms with van der Waals surface area (Å²) in [5.74, 6) is -0.921. The summed E-state index contributed by atoms with van der Waals surface area (Å²) in [6.07, 6.45) is 1.87. The van der Waals surface area contributed by atoms with Crippen LogP contribution in [0.5, 0.6) is 0 Å². The molecule has 110 valence electrons. The van der Waals surface area contributed by atoms with Gasteiger partial charge in [-0.3, -0.25) is 4.79 Å². The van der Waals surface area contributed by atoms with Crippen molar-refractivity contribution in [1.29, 1.82) is 0 Å². The van der Waals surface area contributed by atoms with Crippen LogP contribution >= 0.6 is 15.9 Å². The van der Waals surface area contributed by atoms with E-state index in [4.69, 9.17) is 10.5 Å². The summed E-state index contributed by atoms with van der Waals surface area (Å²) in [4.78, 5) is 23.4. The van der Waals surface area contributed by atoms with Crippen LogP contribution in [0.4, 0.5) is 5.69 Å². The summed E-state index contributed by atoms with van der Waals surface area (Å²) >= 11 is 3.25. The summed E-state index contributed by atoms with van der Waals surface area (Å²) in [7, 11) is 0. The fraction of sp³-hybridized carbons (Fsp3) is 0.429. The highest BCUT2D eigenvalue weighted by Gasteiger charge is 2.14. The van der Waals surface area contributed by atoms with E-state index in [-0.39, 0.29) is 24.1 Å². The highest BCUT2D eigenvalue weighted by atomic mass is 79.9. The Morgan fingerprint density at radius 3 is 2.80 bits per heavy atom. The molecule has 3 N–H and O–H groups in total. The summed E-state index contributed by atoms with van der Waals surface area (Å²) in [6, 6.07) is 4.96. The number of esters is 1. The molecule has 0 bridgehead atoms. The van der Waals surface area contributed by atoms with Crippen molar-refractivity contribution >= 4 is 33.5 Å². The molecule has 1 aromatic rings. The Morgan fingerprint density at radius 1 is 1.45 bits per heavy atom. The van der Waals surface area contributed by atoms with E-state index in [2.05, 4.69) is 21.2 Å². The summed E-state index contributed by atoms with van der Waals surface area (Å²) in [5, 5.41) is 2.76. The van der Waals surface area contributed by atoms with Crippen molar-refractivity contribution in [1.82, 2.24) is 5.32 Å². The smallest absolute Gasteiger partial charge is 0.340 e. The quantitative estimate of drug-likeness (QED) is 0.614. The van der Waals surface area contributed by atoms with E-state index in [0.717, 1.165) is 17.3 Å². The minimum Gasteiger partial charge on any atom is -0.452 e. The van der Waals surface area contributed by atoms with E-state index in [1.54, 1.807) is 18.2 Å². The van der Waals surface area contributed by atoms with Gasteiger partial charge in [-0.2, -0.15) is 0 Å². The number of halogens is 1. The van der Waals surface area contributed by atoms with Crippen molar-refractivity contribution in [3.8, 4) is 0 Å². The molecule has 0 aliphatic heterocycles. The van der Waals surface area contributed by atoms with Crippen LogP contribution in [0.1, 0.15) is 37.0 Å². The van der Waals surface area contributed by atoms with Crippen molar-refractivity contribution in [3.63, 3.8) is 0 Å². The van der Waals surface area contributed by atoms with E-state index in [1.807, 2.05) is 13.8 Å². The zero-order chi connectivity index (χ0) is 15.1. The third-order valence-corrected chi connectivity index (χ3v) is 3.19. The number of hydrogen-bond donors (Lipinski definition) is 2. The Balaban J connectivity index is 2.51. The molecule has 0 saturated carbocycles. The van der Waals surface area contributed by atoms with E-state index in [9.17, 15) is 9.59 Å². The van der Waals surface area contributed by atoms with Gasteiger partial charge in [0.15, 0.2) is 6.61 Å². The van der Waals surface area contributed by atoms with Gasteiger partial charge in [-0.05, 0) is 31.5 Å². The van der Waals surface area contributed by atoms with Crippen molar-refractivity contribution in [2.24, 2.45) is 0 Å². The van der Waals surface area contributed by atoms with Crippen molar-refractivity contribution in [2.75, 3.05) is 12.3 Å². The maximum atomic E-state index is 11.8. The van der Waals surface area contributed by atoms with Crippen LogP contribution in [0.2, 0.25) is 0 Å². The fourth-order valence-electron chi connectivity index (χ4n) is 1.74. The molecule has 5 nitrogen and oxygen atoms in total. The monoisotopic (exact) mass is 342 g/mol. The number of carbonyl (C=O) groups is 2. The molecule has 0 spiro atoms. The number of ether oxygens (including phenoxy) is 1. The molecule has 1 atom stereocenters. The van der Waals surface area contributed by atoms with E-state index >= 15 is 0 Å². The fourth-order valence-corrected chi connectivity index (χ4v) is 2.10. The molecule has 6 heteroatoms. The molecule has 0 radical (unpaired) electrons. The number of nitrogen functional groups attached to an aromatic ring is 1. The average molecular weight is 343 g/mol. The van der Waals surface area contributed by atoms with Crippen molar-refractivity contribution < 1.29 is 14.3 Å². The first-order chi connectivity index (χ1) is 9.43. The Hall–Kier alpha value is -1.56. The van der Waals surface area contributed by atoms with Crippen molar-refractivity contribution in [3.05, 3.63) is 28.2 Å². The van der Waals surface area contributed by atoms with E-state index in [1.165, 1.54) is 0 Å². The number of anilines is 1. The zero-order valence-electron chi connectivity index (χ0n) is 11.6. The van der Waals surface area contributed by atoms with Crippen LogP contribution < -0.4 is 11.1 Å². The van der Waals surface area contributed by atoms with Gasteiger partial charge in [0, 0.05) is 16.2 Å². The molecule has 1 unspecified atom stereocenters. The van der Waals surface area contributed by atoms with E-state index in [0.29, 0.717) is 5.69 Å². The molecule has 0 heterocycles. The molecule has 0 aliphatic carbocycles. The van der Waals surface area contributed by atoms with Gasteiger partial charge in [0.05, 0.1) is 5.56 Å². The zero-order valence-corrected chi connectivity index (χ0v) is 13.2. The molecule has 20 heavy (non-hydrogen) atoms. The van der Waals surface area contributed by atoms with Gasteiger partial charge in [-0.1, -0.05) is 29.3 Å². The minimum atomic E-state index is -0.609. The number of amides is 1. The normalized spacial score (nSPS) is 11.8. The molecule has 0 aliphatic rings. The summed E-state index contributed by atoms with van der Waals surface area (Å²) in [5.41, 5.74) is 6.26. The number of carbonyl (C=O) groups excluding carboxylic acids is 2. The largest absolute Gasteiger partial charge is 0.452 e. The van der Waals surface area contributed by atoms with Gasteiger partial charge >= 0.3 is 5.97 Å². The van der Waals surface area contributed by atoms with Gasteiger partial charge in [0.2, 0.25) is 0 Å². The molecular formula is C14H19BrN2O3. The lowest BCUT2D eigenvalue weighted by atomic mass is 10.2. The lowest BCUT2D eigenvalue weighted by Gasteiger charge is -2.13. The Kier molecular flexibility index (Phi) is 6.51. The second-order valence-corrected chi connectivity index (χ2v) is 5.48. The third kappa shape index (κ3) is 5.21. The number of nitrogens with one attached hydrogen (secondary N) is 1. The topological polar surface area (TPSA) is 81.4 Å². The first-order valence-electron chi connectivity index (χ1n) is 6.45. The van der Waals surface area contributed by atoms with Crippen LogP contribution in [0.3, 0.4) is 0 Å². The Labute approximate surface area is 127 Å². The molecule has 1 amide bonds. The Morgan fingerprint density at radius 2 is 2.15 bits per heavy atom. The van der Waals surface area contributed by atoms with Gasteiger partial charge in [-0.25, -0.2) is 4.79 Å². The first kappa shape index (κ1) is 16.5. The maximum Gasteiger partial charge on any atom is 0.340 e. The van der Waals surface area contributed by atoms with Gasteiger partial charge < -0.3 is 15.8 Å². The van der Waals surface area contributed by atoms with Gasteiger partial charge in [0.1, 0.15) is 0 Å². The second kappa shape index (κ2) is 7.89. The Bertz CT molecular complexity index is 491. The molecular weight excluding hydrogens is 324 g/mol. The van der Waals surface area contributed by atoms with E-state index < -0.39 is 5.97 Å². The van der Waals surface area contributed by atoms with Crippen LogP contribution in [0.25, 0.3) is 0 Å². The number of nitrogens with two attached hydrogens (primary N) is 1. The highest BCUT2D eigenvalue weighted by Crippen LogP contribution is 2.19. The van der Waals surface area contributed by atoms with Crippen LogP contribution in [0.15, 0.2) is 22.7 Å². The number of benzene rings is 1.